The number of nitrogens with zero attached hydrogens (tertiary/aromatic N) is 4. The number of rotatable bonds is 4. The van der Waals surface area contributed by atoms with E-state index < -0.39 is 17.3 Å². The van der Waals surface area contributed by atoms with Crippen molar-refractivity contribution in [2.75, 3.05) is 0 Å². The van der Waals surface area contributed by atoms with E-state index in [1.807, 2.05) is 0 Å². The Labute approximate surface area is 151 Å². The summed E-state index contributed by atoms with van der Waals surface area (Å²) >= 11 is 1.08. The SMILES string of the molecule is N#Cc1c(C(F)(F)F)cc(-c2cccnc2)nc1SCc1ccncc1. The number of nitriles is 1. The topological polar surface area (TPSA) is 62.5 Å². The largest absolute Gasteiger partial charge is 0.417 e. The fourth-order valence-corrected chi connectivity index (χ4v) is 3.21. The summed E-state index contributed by atoms with van der Waals surface area (Å²) in [5.74, 6) is 0.373. The van der Waals surface area contributed by atoms with E-state index in [0.717, 1.165) is 23.4 Å². The molecule has 0 aromatic carbocycles. The third-order valence-corrected chi connectivity index (χ3v) is 4.53. The molecule has 3 rings (SSSR count). The molecule has 3 heterocycles. The van der Waals surface area contributed by atoms with Gasteiger partial charge in [-0.15, -0.1) is 11.8 Å². The Morgan fingerprint density at radius 3 is 2.46 bits per heavy atom. The molecule has 0 fully saturated rings. The maximum atomic E-state index is 13.5. The van der Waals surface area contributed by atoms with E-state index in [4.69, 9.17) is 0 Å². The second-order valence-electron chi connectivity index (χ2n) is 5.23. The van der Waals surface area contributed by atoms with Crippen LogP contribution < -0.4 is 0 Å². The first-order valence-corrected chi connectivity index (χ1v) is 8.42. The summed E-state index contributed by atoms with van der Waals surface area (Å²) in [6.07, 6.45) is 1.50. The lowest BCUT2D eigenvalue weighted by atomic mass is 10.1. The van der Waals surface area contributed by atoms with E-state index in [-0.39, 0.29) is 10.7 Å². The van der Waals surface area contributed by atoms with Crippen molar-refractivity contribution in [1.29, 1.82) is 5.26 Å². The van der Waals surface area contributed by atoms with E-state index >= 15 is 0 Å². The van der Waals surface area contributed by atoms with Crippen molar-refractivity contribution in [2.45, 2.75) is 17.0 Å². The Bertz CT molecular complexity index is 938. The number of thioether (sulfide) groups is 1. The van der Waals surface area contributed by atoms with Crippen LogP contribution in [0.25, 0.3) is 11.3 Å². The predicted octanol–water partition coefficient (Wildman–Crippen LogP) is 4.72. The van der Waals surface area contributed by atoms with E-state index in [1.54, 1.807) is 42.7 Å². The molecular formula is C18H11F3N4S. The summed E-state index contributed by atoms with van der Waals surface area (Å²) in [6, 6.07) is 9.31. The molecule has 0 aliphatic carbocycles. The van der Waals surface area contributed by atoms with Gasteiger partial charge in [0.1, 0.15) is 11.1 Å². The van der Waals surface area contributed by atoms with E-state index in [1.165, 1.54) is 12.4 Å². The van der Waals surface area contributed by atoms with Crippen LogP contribution in [0.15, 0.2) is 60.1 Å². The van der Waals surface area contributed by atoms with Crippen LogP contribution in [0.4, 0.5) is 13.2 Å². The quantitative estimate of drug-likeness (QED) is 0.620. The van der Waals surface area contributed by atoms with Crippen molar-refractivity contribution in [1.82, 2.24) is 15.0 Å². The van der Waals surface area contributed by atoms with Gasteiger partial charge in [-0.1, -0.05) is 0 Å². The number of alkyl halides is 3. The fraction of sp³-hybridized carbons (Fsp3) is 0.111. The van der Waals surface area contributed by atoms with Crippen LogP contribution in [0.2, 0.25) is 0 Å². The van der Waals surface area contributed by atoms with Crippen molar-refractivity contribution in [3.63, 3.8) is 0 Å². The van der Waals surface area contributed by atoms with Gasteiger partial charge in [-0.3, -0.25) is 9.97 Å². The van der Waals surface area contributed by atoms with Crippen LogP contribution in [-0.4, -0.2) is 15.0 Å². The molecule has 0 saturated heterocycles. The highest BCUT2D eigenvalue weighted by Gasteiger charge is 2.36. The summed E-state index contributed by atoms with van der Waals surface area (Å²) in [6.45, 7) is 0. The summed E-state index contributed by atoms with van der Waals surface area (Å²) in [7, 11) is 0. The monoisotopic (exact) mass is 372 g/mol. The van der Waals surface area contributed by atoms with Crippen LogP contribution in [-0.2, 0) is 11.9 Å². The molecule has 0 bridgehead atoms. The Morgan fingerprint density at radius 2 is 1.85 bits per heavy atom. The van der Waals surface area contributed by atoms with Crippen LogP contribution in [0.5, 0.6) is 0 Å². The van der Waals surface area contributed by atoms with Crippen molar-refractivity contribution in [3.8, 4) is 17.3 Å². The van der Waals surface area contributed by atoms with E-state index in [9.17, 15) is 18.4 Å². The number of halogens is 3. The second kappa shape index (κ2) is 7.54. The first kappa shape index (κ1) is 17.9. The minimum absolute atomic E-state index is 0.0398. The molecule has 0 spiro atoms. The molecule has 0 N–H and O–H groups in total. The molecular weight excluding hydrogens is 361 g/mol. The smallest absolute Gasteiger partial charge is 0.265 e. The standard InChI is InChI=1S/C18H11F3N4S/c19-18(20,21)15-8-16(13-2-1-5-24-10-13)25-17(14(15)9-22)26-11-12-3-6-23-7-4-12/h1-8,10H,11H2. The Hall–Kier alpha value is -2.92. The Balaban J connectivity index is 2.07. The van der Waals surface area contributed by atoms with Gasteiger partial charge in [-0.05, 0) is 35.9 Å². The maximum absolute atomic E-state index is 13.5. The lowest BCUT2D eigenvalue weighted by Crippen LogP contribution is -2.10. The second-order valence-corrected chi connectivity index (χ2v) is 6.19. The van der Waals surface area contributed by atoms with Gasteiger partial charge in [0, 0.05) is 36.1 Å². The molecule has 3 aromatic heterocycles. The summed E-state index contributed by atoms with van der Waals surface area (Å²) in [5, 5.41) is 9.34. The molecule has 4 nitrogen and oxygen atoms in total. The minimum Gasteiger partial charge on any atom is -0.265 e. The van der Waals surface area contributed by atoms with Gasteiger partial charge in [-0.2, -0.15) is 18.4 Å². The summed E-state index contributed by atoms with van der Waals surface area (Å²) in [4.78, 5) is 12.1. The molecule has 8 heteroatoms. The molecule has 0 atom stereocenters. The Morgan fingerprint density at radius 1 is 1.08 bits per heavy atom. The highest BCUT2D eigenvalue weighted by Crippen LogP contribution is 2.38. The van der Waals surface area contributed by atoms with E-state index in [0.29, 0.717) is 11.3 Å². The molecule has 0 saturated carbocycles. The van der Waals surface area contributed by atoms with Crippen molar-refractivity contribution >= 4 is 11.8 Å². The zero-order chi connectivity index (χ0) is 18.6. The lowest BCUT2D eigenvalue weighted by Gasteiger charge is -2.14. The fourth-order valence-electron chi connectivity index (χ4n) is 2.25. The zero-order valence-corrected chi connectivity index (χ0v) is 14.1. The highest BCUT2D eigenvalue weighted by atomic mass is 32.2. The molecule has 0 amide bonds. The maximum Gasteiger partial charge on any atom is 0.417 e. The lowest BCUT2D eigenvalue weighted by molar-refractivity contribution is -0.138. The Kier molecular flexibility index (Phi) is 5.19. The van der Waals surface area contributed by atoms with Gasteiger partial charge in [-0.25, -0.2) is 4.98 Å². The molecule has 130 valence electrons. The van der Waals surface area contributed by atoms with Crippen molar-refractivity contribution in [3.05, 3.63) is 71.8 Å². The van der Waals surface area contributed by atoms with Gasteiger partial charge in [0.15, 0.2) is 0 Å². The molecule has 0 aliphatic rings. The average molecular weight is 372 g/mol. The van der Waals surface area contributed by atoms with E-state index in [2.05, 4.69) is 15.0 Å². The van der Waals surface area contributed by atoms with Crippen LogP contribution in [0.3, 0.4) is 0 Å². The first-order valence-electron chi connectivity index (χ1n) is 7.43. The number of pyridine rings is 3. The summed E-state index contributed by atoms with van der Waals surface area (Å²) < 4.78 is 40.4. The van der Waals surface area contributed by atoms with Gasteiger partial charge in [0.05, 0.1) is 16.8 Å². The molecule has 0 aliphatic heterocycles. The summed E-state index contributed by atoms with van der Waals surface area (Å²) in [5.41, 5.74) is -0.0128. The number of hydrogen-bond acceptors (Lipinski definition) is 5. The van der Waals surface area contributed by atoms with Crippen LogP contribution >= 0.6 is 11.8 Å². The zero-order valence-electron chi connectivity index (χ0n) is 13.2. The van der Waals surface area contributed by atoms with Crippen LogP contribution in [0, 0.1) is 11.3 Å². The molecule has 0 unspecified atom stereocenters. The number of aromatic nitrogens is 3. The van der Waals surface area contributed by atoms with Gasteiger partial charge in [0.2, 0.25) is 0 Å². The van der Waals surface area contributed by atoms with Crippen LogP contribution in [0.1, 0.15) is 16.7 Å². The number of hydrogen-bond donors (Lipinski definition) is 0. The minimum atomic E-state index is -4.66. The molecule has 0 radical (unpaired) electrons. The first-order chi connectivity index (χ1) is 12.5. The normalized spacial score (nSPS) is 11.2. The third kappa shape index (κ3) is 4.00. The highest BCUT2D eigenvalue weighted by molar-refractivity contribution is 7.98. The predicted molar refractivity (Wildman–Crippen MR) is 91.0 cm³/mol. The van der Waals surface area contributed by atoms with Crippen molar-refractivity contribution < 1.29 is 13.2 Å². The average Bonchev–Trinajstić information content (AvgIpc) is 2.66. The van der Waals surface area contributed by atoms with Crippen molar-refractivity contribution in [2.24, 2.45) is 0 Å². The van der Waals surface area contributed by atoms with Gasteiger partial charge in [0.25, 0.3) is 0 Å². The van der Waals surface area contributed by atoms with Gasteiger partial charge >= 0.3 is 6.18 Å². The molecule has 3 aromatic rings. The van der Waals surface area contributed by atoms with Gasteiger partial charge < -0.3 is 0 Å². The molecule has 26 heavy (non-hydrogen) atoms. The third-order valence-electron chi connectivity index (χ3n) is 3.49.